The zero-order valence-electron chi connectivity index (χ0n) is 9.83. The van der Waals surface area contributed by atoms with Crippen molar-refractivity contribution in [3.8, 4) is 0 Å². The summed E-state index contributed by atoms with van der Waals surface area (Å²) in [4.78, 5) is 11.4. The summed E-state index contributed by atoms with van der Waals surface area (Å²) < 4.78 is 0. The number of hydrogen-bond acceptors (Lipinski definition) is 3. The van der Waals surface area contributed by atoms with Crippen LogP contribution < -0.4 is 11.1 Å². The summed E-state index contributed by atoms with van der Waals surface area (Å²) in [5.41, 5.74) is 5.70. The van der Waals surface area contributed by atoms with E-state index in [4.69, 9.17) is 5.73 Å². The van der Waals surface area contributed by atoms with Gasteiger partial charge in [0.1, 0.15) is 6.10 Å². The molecule has 0 rings (SSSR count). The molecule has 0 aliphatic carbocycles. The fourth-order valence-electron chi connectivity index (χ4n) is 1.29. The van der Waals surface area contributed by atoms with Crippen LogP contribution in [0.5, 0.6) is 0 Å². The van der Waals surface area contributed by atoms with Gasteiger partial charge in [0.15, 0.2) is 0 Å². The predicted molar refractivity (Wildman–Crippen MR) is 61.4 cm³/mol. The molecule has 0 aromatic heterocycles. The number of nitrogens with two attached hydrogens (primary N) is 1. The van der Waals surface area contributed by atoms with E-state index in [0.29, 0.717) is 13.0 Å². The largest absolute Gasteiger partial charge is 0.382 e. The minimum absolute atomic E-state index is 0.341. The highest BCUT2D eigenvalue weighted by molar-refractivity contribution is 5.81. The highest BCUT2D eigenvalue weighted by Gasteiger charge is 2.21. The zero-order valence-corrected chi connectivity index (χ0v) is 9.83. The summed E-state index contributed by atoms with van der Waals surface area (Å²) >= 11 is 0. The second kappa shape index (κ2) is 8.68. The first kappa shape index (κ1) is 14.4. The Labute approximate surface area is 92.2 Å². The summed E-state index contributed by atoms with van der Waals surface area (Å²) in [6.07, 6.45) is 3.56. The van der Waals surface area contributed by atoms with E-state index in [2.05, 4.69) is 19.2 Å². The summed E-state index contributed by atoms with van der Waals surface area (Å²) in [5.74, 6) is -0.341. The van der Waals surface area contributed by atoms with Gasteiger partial charge in [-0.25, -0.2) is 0 Å². The first-order chi connectivity index (χ1) is 7.13. The van der Waals surface area contributed by atoms with Crippen LogP contribution >= 0.6 is 0 Å². The molecule has 0 aliphatic heterocycles. The van der Waals surface area contributed by atoms with Crippen LogP contribution in [0.25, 0.3) is 0 Å². The second-order valence-corrected chi connectivity index (χ2v) is 3.90. The molecule has 0 saturated heterocycles. The number of aliphatic hydroxyl groups excluding tert-OH is 1. The average molecular weight is 216 g/mol. The molecule has 0 bridgehead atoms. The first-order valence-corrected chi connectivity index (χ1v) is 5.84. The van der Waals surface area contributed by atoms with Crippen molar-refractivity contribution in [1.29, 1.82) is 0 Å². The molecule has 4 heteroatoms. The zero-order chi connectivity index (χ0) is 11.7. The fraction of sp³-hybridized carbons (Fsp3) is 0.909. The van der Waals surface area contributed by atoms with Gasteiger partial charge in [0.05, 0.1) is 0 Å². The summed E-state index contributed by atoms with van der Waals surface area (Å²) in [5, 5.41) is 12.2. The quantitative estimate of drug-likeness (QED) is 0.525. The number of amides is 1. The van der Waals surface area contributed by atoms with Crippen LogP contribution in [0.15, 0.2) is 0 Å². The van der Waals surface area contributed by atoms with E-state index in [9.17, 15) is 9.90 Å². The average Bonchev–Trinajstić information content (AvgIpc) is 2.24. The lowest BCUT2D eigenvalue weighted by Gasteiger charge is -2.17. The smallest absolute Gasteiger partial charge is 0.250 e. The summed E-state index contributed by atoms with van der Waals surface area (Å²) in [7, 11) is 0. The molecule has 0 aliphatic rings. The third kappa shape index (κ3) is 6.47. The Morgan fingerprint density at radius 2 is 1.93 bits per heavy atom. The number of unbranched alkanes of at least 4 members (excludes halogenated alkanes) is 2. The van der Waals surface area contributed by atoms with Crippen LogP contribution in [0, 0.1) is 0 Å². The number of hydrogen-bond donors (Lipinski definition) is 3. The Kier molecular flexibility index (Phi) is 8.33. The predicted octanol–water partition coefficient (Wildman–Crippen LogP) is 0.781. The molecule has 15 heavy (non-hydrogen) atoms. The third-order valence-electron chi connectivity index (χ3n) is 2.39. The molecule has 0 unspecified atom stereocenters. The molecule has 1 amide bonds. The molecule has 0 aromatic carbocycles. The number of carbonyl (C=O) groups excluding carboxylic acids is 1. The topological polar surface area (TPSA) is 75.3 Å². The maximum absolute atomic E-state index is 11.4. The van der Waals surface area contributed by atoms with E-state index in [0.717, 1.165) is 25.7 Å². The molecule has 4 N–H and O–H groups in total. The van der Waals surface area contributed by atoms with Crippen molar-refractivity contribution in [2.45, 2.75) is 58.1 Å². The highest BCUT2D eigenvalue weighted by Crippen LogP contribution is 2.02. The summed E-state index contributed by atoms with van der Waals surface area (Å²) in [6, 6.07) is -0.438. The molecule has 0 spiro atoms. The number of carbonyl (C=O) groups is 1. The van der Waals surface area contributed by atoms with E-state index in [1.165, 1.54) is 0 Å². The van der Waals surface area contributed by atoms with Gasteiger partial charge in [-0.3, -0.25) is 4.79 Å². The van der Waals surface area contributed by atoms with Gasteiger partial charge in [0, 0.05) is 12.6 Å². The van der Waals surface area contributed by atoms with Crippen molar-refractivity contribution < 1.29 is 9.90 Å². The molecule has 0 fully saturated rings. The lowest BCUT2D eigenvalue weighted by atomic mass is 10.0. The van der Waals surface area contributed by atoms with Crippen LogP contribution in [0.4, 0.5) is 0 Å². The first-order valence-electron chi connectivity index (χ1n) is 5.84. The van der Waals surface area contributed by atoms with Crippen LogP contribution in [-0.2, 0) is 4.79 Å². The van der Waals surface area contributed by atoms with Crippen molar-refractivity contribution in [2.75, 3.05) is 6.54 Å². The minimum Gasteiger partial charge on any atom is -0.382 e. The van der Waals surface area contributed by atoms with E-state index in [1.54, 1.807) is 0 Å². The molecular weight excluding hydrogens is 192 g/mol. The van der Waals surface area contributed by atoms with Crippen molar-refractivity contribution in [2.24, 2.45) is 5.73 Å². The molecule has 2 atom stereocenters. The number of aliphatic hydroxyl groups is 1. The maximum atomic E-state index is 11.4. The molecule has 0 aromatic rings. The minimum atomic E-state index is -1.06. The monoisotopic (exact) mass is 216 g/mol. The molecule has 0 saturated carbocycles. The Morgan fingerprint density at radius 1 is 1.33 bits per heavy atom. The van der Waals surface area contributed by atoms with E-state index in [1.807, 2.05) is 0 Å². The molecular formula is C11H24N2O2. The van der Waals surface area contributed by atoms with Crippen LogP contribution in [0.3, 0.4) is 0 Å². The molecule has 90 valence electrons. The van der Waals surface area contributed by atoms with E-state index in [-0.39, 0.29) is 5.91 Å². The Balaban J connectivity index is 3.75. The van der Waals surface area contributed by atoms with Crippen molar-refractivity contribution in [3.63, 3.8) is 0 Å². The number of nitrogens with one attached hydrogen (secondary N) is 1. The molecule has 0 radical (unpaired) electrons. The van der Waals surface area contributed by atoms with Crippen LogP contribution in [0.1, 0.15) is 46.0 Å². The van der Waals surface area contributed by atoms with Gasteiger partial charge in [0.2, 0.25) is 5.91 Å². The normalized spacial score (nSPS) is 14.7. The molecule has 0 heterocycles. The van der Waals surface area contributed by atoms with E-state index < -0.39 is 12.1 Å². The fourth-order valence-corrected chi connectivity index (χ4v) is 1.29. The standard InChI is InChI=1S/C11H24N2O2/c1-3-5-7-9(12)10(14)11(15)13-8-6-4-2/h9-10,14H,3-8,12H2,1-2H3,(H,13,15)/t9-,10-/m0/s1. The van der Waals surface area contributed by atoms with Gasteiger partial charge in [-0.15, -0.1) is 0 Å². The third-order valence-corrected chi connectivity index (χ3v) is 2.39. The van der Waals surface area contributed by atoms with Crippen LogP contribution in [0.2, 0.25) is 0 Å². The Bertz CT molecular complexity index is 174. The summed E-state index contributed by atoms with van der Waals surface area (Å²) in [6.45, 7) is 4.73. The van der Waals surface area contributed by atoms with E-state index >= 15 is 0 Å². The molecule has 4 nitrogen and oxygen atoms in total. The Morgan fingerprint density at radius 3 is 2.47 bits per heavy atom. The van der Waals surface area contributed by atoms with Gasteiger partial charge in [-0.1, -0.05) is 33.1 Å². The van der Waals surface area contributed by atoms with Crippen molar-refractivity contribution in [1.82, 2.24) is 5.32 Å². The maximum Gasteiger partial charge on any atom is 0.250 e. The van der Waals surface area contributed by atoms with Gasteiger partial charge >= 0.3 is 0 Å². The van der Waals surface area contributed by atoms with Crippen LogP contribution in [-0.4, -0.2) is 29.7 Å². The lowest BCUT2D eigenvalue weighted by molar-refractivity contribution is -0.130. The van der Waals surface area contributed by atoms with Gasteiger partial charge in [-0.2, -0.15) is 0 Å². The lowest BCUT2D eigenvalue weighted by Crippen LogP contribution is -2.46. The SMILES string of the molecule is CCCCNC(=O)[C@@H](O)[C@@H](N)CCCC. The van der Waals surface area contributed by atoms with Gasteiger partial charge in [0.25, 0.3) is 0 Å². The van der Waals surface area contributed by atoms with Crippen molar-refractivity contribution >= 4 is 5.91 Å². The van der Waals surface area contributed by atoms with Gasteiger partial charge in [-0.05, 0) is 12.8 Å². The number of rotatable bonds is 8. The Hall–Kier alpha value is -0.610. The van der Waals surface area contributed by atoms with Gasteiger partial charge < -0.3 is 16.2 Å². The highest BCUT2D eigenvalue weighted by atomic mass is 16.3. The van der Waals surface area contributed by atoms with Crippen molar-refractivity contribution in [3.05, 3.63) is 0 Å². The second-order valence-electron chi connectivity index (χ2n) is 3.90.